The molecule has 0 aromatic carbocycles. The molecule has 3 N–H and O–H groups in total. The lowest BCUT2D eigenvalue weighted by atomic mass is 9.76. The first kappa shape index (κ1) is 17.0. The average Bonchev–Trinajstić information content (AvgIpc) is 2.28. The molecule has 2 aliphatic rings. The topological polar surface area (TPSA) is 53.6 Å². The van der Waals surface area contributed by atoms with Gasteiger partial charge in [0.2, 0.25) is 0 Å². The molecule has 2 rings (SSSR count). The highest BCUT2D eigenvalue weighted by Crippen LogP contribution is 2.36. The Hall–Kier alpha value is -0.0400. The van der Waals surface area contributed by atoms with E-state index in [1.165, 1.54) is 51.4 Å². The number of hydrogen-bond donors (Lipinski definition) is 2. The van der Waals surface area contributed by atoms with Crippen molar-refractivity contribution in [2.75, 3.05) is 20.6 Å². The lowest BCUT2D eigenvalue weighted by molar-refractivity contribution is 0.0699. The van der Waals surface area contributed by atoms with E-state index in [9.17, 15) is 0 Å². The van der Waals surface area contributed by atoms with Gasteiger partial charge in [-0.05, 0) is 46.2 Å². The van der Waals surface area contributed by atoms with Crippen molar-refractivity contribution in [3.8, 4) is 0 Å². The minimum absolute atomic E-state index is 0. The van der Waals surface area contributed by atoms with Crippen molar-refractivity contribution in [3.63, 3.8) is 0 Å². The molecule has 0 amide bonds. The van der Waals surface area contributed by atoms with E-state index in [0.717, 1.165) is 6.54 Å². The highest BCUT2D eigenvalue weighted by molar-refractivity contribution is 14.0. The average molecular weight is 380 g/mol. The molecular formula is C14H29IN4. The van der Waals surface area contributed by atoms with E-state index in [0.29, 0.717) is 12.0 Å². The Labute approximate surface area is 134 Å². The molecule has 0 radical (unpaired) electrons. The van der Waals surface area contributed by atoms with Crippen LogP contribution in [0.1, 0.15) is 51.4 Å². The fourth-order valence-corrected chi connectivity index (χ4v) is 3.07. The van der Waals surface area contributed by atoms with E-state index >= 15 is 0 Å². The van der Waals surface area contributed by atoms with Gasteiger partial charge in [-0.3, -0.25) is 4.99 Å². The number of likely N-dealkylation sites (N-methyl/N-ethyl adjacent to an activating group) is 1. The quantitative estimate of drug-likeness (QED) is 0.447. The first-order valence-electron chi connectivity index (χ1n) is 7.36. The first-order chi connectivity index (χ1) is 8.62. The van der Waals surface area contributed by atoms with Gasteiger partial charge < -0.3 is 16.0 Å². The van der Waals surface area contributed by atoms with Gasteiger partial charge in [-0.1, -0.05) is 19.3 Å². The third-order valence-electron chi connectivity index (χ3n) is 4.73. The standard InChI is InChI=1S/C14H28N4.HI/c1-18(2)14(9-6-10-14)11-16-13(15)17-12-7-4-3-5-8-12;/h12H,3-11H2,1-2H3,(H3,15,16,17);1H. The second-order valence-electron chi connectivity index (χ2n) is 6.15. The Morgan fingerprint density at radius 2 is 1.84 bits per heavy atom. The van der Waals surface area contributed by atoms with E-state index < -0.39 is 0 Å². The minimum atomic E-state index is 0. The summed E-state index contributed by atoms with van der Waals surface area (Å²) in [7, 11) is 4.30. The number of halogens is 1. The normalized spacial score (nSPS) is 23.6. The molecule has 0 unspecified atom stereocenters. The molecule has 0 saturated heterocycles. The number of rotatable bonds is 4. The molecule has 0 spiro atoms. The number of aliphatic imine (C=N–C) groups is 1. The summed E-state index contributed by atoms with van der Waals surface area (Å²) >= 11 is 0. The van der Waals surface area contributed by atoms with Crippen molar-refractivity contribution < 1.29 is 0 Å². The van der Waals surface area contributed by atoms with E-state index in [-0.39, 0.29) is 29.5 Å². The molecule has 0 aromatic heterocycles. The van der Waals surface area contributed by atoms with Crippen LogP contribution in [0.25, 0.3) is 0 Å². The van der Waals surface area contributed by atoms with Crippen molar-refractivity contribution in [1.82, 2.24) is 10.2 Å². The molecule has 4 nitrogen and oxygen atoms in total. The first-order valence-corrected chi connectivity index (χ1v) is 7.36. The maximum atomic E-state index is 6.01. The fourth-order valence-electron chi connectivity index (χ4n) is 3.07. The van der Waals surface area contributed by atoms with Gasteiger partial charge in [0.05, 0.1) is 6.54 Å². The maximum absolute atomic E-state index is 6.01. The van der Waals surface area contributed by atoms with Crippen LogP contribution in [0.5, 0.6) is 0 Å². The van der Waals surface area contributed by atoms with Crippen LogP contribution in [0.3, 0.4) is 0 Å². The van der Waals surface area contributed by atoms with Crippen LogP contribution in [0.2, 0.25) is 0 Å². The summed E-state index contributed by atoms with van der Waals surface area (Å²) in [5.41, 5.74) is 6.29. The van der Waals surface area contributed by atoms with Gasteiger partial charge in [0.15, 0.2) is 5.96 Å². The second kappa shape index (κ2) is 7.67. The van der Waals surface area contributed by atoms with E-state index in [4.69, 9.17) is 5.73 Å². The minimum Gasteiger partial charge on any atom is -0.370 e. The summed E-state index contributed by atoms with van der Waals surface area (Å²) in [6.45, 7) is 0.839. The van der Waals surface area contributed by atoms with E-state index in [1.807, 2.05) is 0 Å². The molecular weight excluding hydrogens is 351 g/mol. The fraction of sp³-hybridized carbons (Fsp3) is 0.929. The monoisotopic (exact) mass is 380 g/mol. The SMILES string of the molecule is CN(C)C1(CN=C(N)NC2CCCCC2)CCC1.I. The number of guanidine groups is 1. The van der Waals surface area contributed by atoms with Crippen LogP contribution in [-0.4, -0.2) is 43.1 Å². The Morgan fingerprint density at radius 1 is 1.21 bits per heavy atom. The highest BCUT2D eigenvalue weighted by atomic mass is 127. The zero-order chi connectivity index (χ0) is 13.0. The zero-order valence-corrected chi connectivity index (χ0v) is 14.7. The van der Waals surface area contributed by atoms with Gasteiger partial charge in [-0.15, -0.1) is 24.0 Å². The molecule has 0 aliphatic heterocycles. The molecule has 0 aromatic rings. The molecule has 0 atom stereocenters. The van der Waals surface area contributed by atoms with Crippen molar-refractivity contribution in [2.45, 2.75) is 62.9 Å². The Kier molecular flexibility index (Phi) is 6.86. The summed E-state index contributed by atoms with van der Waals surface area (Å²) in [5, 5.41) is 3.39. The molecule has 112 valence electrons. The molecule has 0 bridgehead atoms. The number of hydrogen-bond acceptors (Lipinski definition) is 2. The second-order valence-corrected chi connectivity index (χ2v) is 6.15. The van der Waals surface area contributed by atoms with Crippen molar-refractivity contribution >= 4 is 29.9 Å². The highest BCUT2D eigenvalue weighted by Gasteiger charge is 2.38. The molecule has 2 fully saturated rings. The largest absolute Gasteiger partial charge is 0.370 e. The van der Waals surface area contributed by atoms with Gasteiger partial charge in [-0.2, -0.15) is 0 Å². The lowest BCUT2D eigenvalue weighted by Crippen LogP contribution is -2.53. The van der Waals surface area contributed by atoms with Crippen LogP contribution in [0.15, 0.2) is 4.99 Å². The molecule has 2 saturated carbocycles. The predicted octanol–water partition coefficient (Wildman–Crippen LogP) is 2.33. The smallest absolute Gasteiger partial charge is 0.188 e. The summed E-state index contributed by atoms with van der Waals surface area (Å²) in [4.78, 5) is 6.89. The zero-order valence-electron chi connectivity index (χ0n) is 12.3. The van der Waals surface area contributed by atoms with Crippen molar-refractivity contribution in [3.05, 3.63) is 0 Å². The Balaban J connectivity index is 0.00000180. The summed E-state index contributed by atoms with van der Waals surface area (Å²) in [6, 6.07) is 0.555. The van der Waals surface area contributed by atoms with Crippen LogP contribution in [0.4, 0.5) is 0 Å². The summed E-state index contributed by atoms with van der Waals surface area (Å²) in [6.07, 6.45) is 10.3. The third-order valence-corrected chi connectivity index (χ3v) is 4.73. The van der Waals surface area contributed by atoms with Crippen LogP contribution in [-0.2, 0) is 0 Å². The molecule has 5 heteroatoms. The van der Waals surface area contributed by atoms with Gasteiger partial charge in [0.1, 0.15) is 0 Å². The van der Waals surface area contributed by atoms with Gasteiger partial charge in [0, 0.05) is 11.6 Å². The number of nitrogens with two attached hydrogens (primary N) is 1. The lowest BCUT2D eigenvalue weighted by Gasteiger charge is -2.46. The Morgan fingerprint density at radius 3 is 2.32 bits per heavy atom. The van der Waals surface area contributed by atoms with Gasteiger partial charge >= 0.3 is 0 Å². The maximum Gasteiger partial charge on any atom is 0.188 e. The van der Waals surface area contributed by atoms with Crippen LogP contribution >= 0.6 is 24.0 Å². The number of nitrogens with one attached hydrogen (secondary N) is 1. The Bertz CT molecular complexity index is 294. The predicted molar refractivity (Wildman–Crippen MR) is 92.2 cm³/mol. The van der Waals surface area contributed by atoms with Crippen LogP contribution < -0.4 is 11.1 Å². The number of nitrogens with zero attached hydrogens (tertiary/aromatic N) is 2. The summed E-state index contributed by atoms with van der Waals surface area (Å²) in [5.74, 6) is 0.648. The van der Waals surface area contributed by atoms with Gasteiger partial charge in [0.25, 0.3) is 0 Å². The van der Waals surface area contributed by atoms with E-state index in [1.54, 1.807) is 0 Å². The van der Waals surface area contributed by atoms with E-state index in [2.05, 4.69) is 29.3 Å². The van der Waals surface area contributed by atoms with Gasteiger partial charge in [-0.25, -0.2) is 0 Å². The molecule has 2 aliphatic carbocycles. The van der Waals surface area contributed by atoms with Crippen LogP contribution in [0, 0.1) is 0 Å². The molecule has 0 heterocycles. The molecule has 19 heavy (non-hydrogen) atoms. The van der Waals surface area contributed by atoms with Crippen molar-refractivity contribution in [2.24, 2.45) is 10.7 Å². The third kappa shape index (κ3) is 4.48. The summed E-state index contributed by atoms with van der Waals surface area (Å²) < 4.78 is 0. The van der Waals surface area contributed by atoms with Crippen molar-refractivity contribution in [1.29, 1.82) is 0 Å².